The molecule has 0 unspecified atom stereocenters. The Morgan fingerprint density at radius 1 is 1.20 bits per heavy atom. The predicted molar refractivity (Wildman–Crippen MR) is 126 cm³/mol. The van der Waals surface area contributed by atoms with Gasteiger partial charge in [0.25, 0.3) is 12.0 Å². The summed E-state index contributed by atoms with van der Waals surface area (Å²) in [5.41, 5.74) is 5.52. The maximum absolute atomic E-state index is 14.7. The molecule has 11 heteroatoms. The second-order valence-electron chi connectivity index (χ2n) is 8.96. The number of hydrogen-bond donors (Lipinski definition) is 2. The monoisotopic (exact) mass is 488 g/mol. The molecule has 2 aromatic heterocycles. The first-order valence-corrected chi connectivity index (χ1v) is 11.3. The topological polar surface area (TPSA) is 106 Å². The van der Waals surface area contributed by atoms with Crippen molar-refractivity contribution in [1.82, 2.24) is 19.4 Å². The minimum atomic E-state index is -2.94. The molecule has 35 heavy (non-hydrogen) atoms. The third-order valence-electron chi connectivity index (χ3n) is 6.75. The molecular weight excluding hydrogens is 461 g/mol. The zero-order chi connectivity index (χ0) is 25.5. The normalized spacial score (nSPS) is 16.5. The summed E-state index contributed by atoms with van der Waals surface area (Å²) in [5, 5.41) is 3.56. The Labute approximate surface area is 200 Å². The molecule has 1 amide bonds. The lowest BCUT2D eigenvalue weighted by Crippen LogP contribution is -2.52. The van der Waals surface area contributed by atoms with E-state index < -0.39 is 29.4 Å². The molecule has 1 fully saturated rings. The summed E-state index contributed by atoms with van der Waals surface area (Å²) >= 11 is 0. The Kier molecular flexibility index (Phi) is 6.54. The highest BCUT2D eigenvalue weighted by atomic mass is 19.3. The molecule has 0 aliphatic carbocycles. The van der Waals surface area contributed by atoms with Gasteiger partial charge in [0.05, 0.1) is 17.0 Å². The van der Waals surface area contributed by atoms with Crippen molar-refractivity contribution in [3.05, 3.63) is 63.5 Å². The standard InChI is InChI=1S/C24H27F3N6O2/c1-13(15-5-4-6-16(19(15)25)20(26)27)31-21-17-11-18(23(35)32(3)22(17)30-12-29-21)24(28)7-9-33(10-8-24)14(2)34/h4-6,11-13,20H,7-10,28H2,1-3H3,(H,29,30,31)/t13-/m1/s1. The molecule has 3 aromatic rings. The lowest BCUT2D eigenvalue weighted by molar-refractivity contribution is -0.130. The minimum Gasteiger partial charge on any atom is -0.363 e. The Morgan fingerprint density at radius 2 is 1.86 bits per heavy atom. The van der Waals surface area contributed by atoms with Crippen LogP contribution >= 0.6 is 0 Å². The van der Waals surface area contributed by atoms with Gasteiger partial charge in [0.15, 0.2) is 0 Å². The molecule has 1 saturated heterocycles. The van der Waals surface area contributed by atoms with Crippen LogP contribution in [0.25, 0.3) is 11.0 Å². The number of amides is 1. The number of aryl methyl sites for hydroxylation is 1. The number of piperidine rings is 1. The van der Waals surface area contributed by atoms with E-state index in [0.29, 0.717) is 48.3 Å². The van der Waals surface area contributed by atoms with Crippen LogP contribution in [0.15, 0.2) is 35.4 Å². The number of carbonyl (C=O) groups excluding carboxylic acids is 1. The van der Waals surface area contributed by atoms with Crippen LogP contribution in [0.4, 0.5) is 19.0 Å². The number of nitrogens with two attached hydrogens (primary N) is 1. The number of aromatic nitrogens is 3. The molecular formula is C24H27F3N6O2. The van der Waals surface area contributed by atoms with Gasteiger partial charge in [-0.2, -0.15) is 0 Å². The number of halogens is 3. The van der Waals surface area contributed by atoms with E-state index in [0.717, 1.165) is 6.07 Å². The number of anilines is 1. The average Bonchev–Trinajstić information content (AvgIpc) is 2.81. The summed E-state index contributed by atoms with van der Waals surface area (Å²) in [6.45, 7) is 3.99. The van der Waals surface area contributed by atoms with Crippen molar-refractivity contribution in [3.8, 4) is 0 Å². The number of nitrogens with zero attached hydrogens (tertiary/aromatic N) is 4. The second kappa shape index (κ2) is 9.29. The van der Waals surface area contributed by atoms with Crippen LogP contribution in [0, 0.1) is 5.82 Å². The molecule has 3 N–H and O–H groups in total. The van der Waals surface area contributed by atoms with Gasteiger partial charge in [0.2, 0.25) is 5.91 Å². The number of pyridine rings is 1. The van der Waals surface area contributed by atoms with Gasteiger partial charge in [-0.05, 0) is 25.8 Å². The van der Waals surface area contributed by atoms with Gasteiger partial charge in [0, 0.05) is 43.7 Å². The molecule has 186 valence electrons. The van der Waals surface area contributed by atoms with E-state index in [1.807, 2.05) is 0 Å². The van der Waals surface area contributed by atoms with Crippen molar-refractivity contribution in [2.45, 2.75) is 44.7 Å². The molecule has 1 atom stereocenters. The summed E-state index contributed by atoms with van der Waals surface area (Å²) < 4.78 is 42.4. The van der Waals surface area contributed by atoms with E-state index in [4.69, 9.17) is 5.73 Å². The molecule has 1 aliphatic heterocycles. The molecule has 3 heterocycles. The van der Waals surface area contributed by atoms with Crippen molar-refractivity contribution in [1.29, 1.82) is 0 Å². The van der Waals surface area contributed by atoms with Crippen molar-refractivity contribution in [2.24, 2.45) is 12.8 Å². The van der Waals surface area contributed by atoms with Gasteiger partial charge in [-0.1, -0.05) is 18.2 Å². The van der Waals surface area contributed by atoms with Gasteiger partial charge in [0.1, 0.15) is 23.6 Å². The Balaban J connectivity index is 1.75. The van der Waals surface area contributed by atoms with Crippen molar-refractivity contribution in [2.75, 3.05) is 18.4 Å². The number of carbonyl (C=O) groups is 1. The van der Waals surface area contributed by atoms with Crippen LogP contribution in [-0.4, -0.2) is 38.4 Å². The lowest BCUT2D eigenvalue weighted by Gasteiger charge is -2.39. The maximum Gasteiger partial charge on any atom is 0.266 e. The first kappa shape index (κ1) is 24.6. The van der Waals surface area contributed by atoms with E-state index >= 15 is 0 Å². The fourth-order valence-corrected chi connectivity index (χ4v) is 4.59. The van der Waals surface area contributed by atoms with Crippen LogP contribution in [0.1, 0.15) is 55.8 Å². The van der Waals surface area contributed by atoms with E-state index in [1.54, 1.807) is 24.9 Å². The number of fused-ring (bicyclic) bond motifs is 1. The first-order valence-electron chi connectivity index (χ1n) is 11.3. The number of alkyl halides is 2. The highest BCUT2D eigenvalue weighted by Gasteiger charge is 2.36. The summed E-state index contributed by atoms with van der Waals surface area (Å²) in [7, 11) is 1.58. The third kappa shape index (κ3) is 4.47. The maximum atomic E-state index is 14.7. The highest BCUT2D eigenvalue weighted by Crippen LogP contribution is 2.33. The number of nitrogens with one attached hydrogen (secondary N) is 1. The van der Waals surface area contributed by atoms with E-state index in [9.17, 15) is 22.8 Å². The fraction of sp³-hybridized carbons (Fsp3) is 0.417. The minimum absolute atomic E-state index is 0.0459. The van der Waals surface area contributed by atoms with Gasteiger partial charge in [-0.3, -0.25) is 14.2 Å². The number of benzene rings is 1. The summed E-state index contributed by atoms with van der Waals surface area (Å²) in [4.78, 5) is 35.1. The number of rotatable bonds is 5. The molecule has 4 rings (SSSR count). The highest BCUT2D eigenvalue weighted by molar-refractivity contribution is 5.87. The van der Waals surface area contributed by atoms with E-state index in [2.05, 4.69) is 15.3 Å². The van der Waals surface area contributed by atoms with E-state index in [1.165, 1.54) is 30.0 Å². The Bertz CT molecular complexity index is 1330. The summed E-state index contributed by atoms with van der Waals surface area (Å²) in [6, 6.07) is 4.79. The summed E-state index contributed by atoms with van der Waals surface area (Å²) in [5.74, 6) is -0.714. The van der Waals surface area contributed by atoms with Crippen LogP contribution in [-0.2, 0) is 17.4 Å². The average molecular weight is 489 g/mol. The number of hydrogen-bond acceptors (Lipinski definition) is 6. The van der Waals surface area contributed by atoms with Crippen molar-refractivity contribution in [3.63, 3.8) is 0 Å². The molecule has 1 aliphatic rings. The second-order valence-corrected chi connectivity index (χ2v) is 8.96. The Morgan fingerprint density at radius 3 is 2.49 bits per heavy atom. The van der Waals surface area contributed by atoms with Gasteiger partial charge < -0.3 is 16.0 Å². The lowest BCUT2D eigenvalue weighted by atomic mass is 9.82. The molecule has 1 aromatic carbocycles. The molecule has 8 nitrogen and oxygen atoms in total. The van der Waals surface area contributed by atoms with Gasteiger partial charge in [-0.25, -0.2) is 23.1 Å². The smallest absolute Gasteiger partial charge is 0.266 e. The Hall–Kier alpha value is -3.47. The van der Waals surface area contributed by atoms with Crippen LogP contribution in [0.5, 0.6) is 0 Å². The quantitative estimate of drug-likeness (QED) is 0.571. The van der Waals surface area contributed by atoms with Crippen LogP contribution < -0.4 is 16.6 Å². The zero-order valence-corrected chi connectivity index (χ0v) is 19.7. The van der Waals surface area contributed by atoms with Crippen LogP contribution in [0.2, 0.25) is 0 Å². The molecule has 0 radical (unpaired) electrons. The molecule has 0 bridgehead atoms. The van der Waals surface area contributed by atoms with Crippen molar-refractivity contribution >= 4 is 22.8 Å². The first-order chi connectivity index (χ1) is 16.5. The van der Waals surface area contributed by atoms with Gasteiger partial charge in [-0.15, -0.1) is 0 Å². The largest absolute Gasteiger partial charge is 0.363 e. The van der Waals surface area contributed by atoms with E-state index in [-0.39, 0.29) is 17.0 Å². The van der Waals surface area contributed by atoms with Crippen molar-refractivity contribution < 1.29 is 18.0 Å². The molecule has 0 saturated carbocycles. The fourth-order valence-electron chi connectivity index (χ4n) is 4.59. The number of likely N-dealkylation sites (tertiary alicyclic amines) is 1. The van der Waals surface area contributed by atoms with Gasteiger partial charge >= 0.3 is 0 Å². The molecule has 0 spiro atoms. The van der Waals surface area contributed by atoms with Crippen LogP contribution in [0.3, 0.4) is 0 Å². The zero-order valence-electron chi connectivity index (χ0n) is 19.7. The summed E-state index contributed by atoms with van der Waals surface area (Å²) in [6.07, 6.45) is -0.849. The third-order valence-corrected chi connectivity index (χ3v) is 6.75. The predicted octanol–water partition coefficient (Wildman–Crippen LogP) is 3.37. The SMILES string of the molecule is CC(=O)N1CCC(N)(c2cc3c(N[C@H](C)c4cccc(C(F)F)c4F)ncnc3n(C)c2=O)CC1.